The summed E-state index contributed by atoms with van der Waals surface area (Å²) in [6.45, 7) is 1.99. The molecule has 6 nitrogen and oxygen atoms in total. The van der Waals surface area contributed by atoms with Gasteiger partial charge in [0.05, 0.1) is 13.7 Å². The zero-order valence-electron chi connectivity index (χ0n) is 25.7. The van der Waals surface area contributed by atoms with Gasteiger partial charge in [0.15, 0.2) is 0 Å². The summed E-state index contributed by atoms with van der Waals surface area (Å²) < 4.78 is 15.9. The average Bonchev–Trinajstić information content (AvgIpc) is 3.10. The highest BCUT2D eigenvalue weighted by molar-refractivity contribution is 5.81. The molecule has 0 radical (unpaired) electrons. The maximum absolute atomic E-state index is 12.0. The lowest BCUT2D eigenvalue weighted by atomic mass is 10.0. The first kappa shape index (κ1) is 30.0. The first-order chi connectivity index (χ1) is 22.6. The van der Waals surface area contributed by atoms with Crippen molar-refractivity contribution in [1.29, 1.82) is 0 Å². The molecule has 0 heterocycles. The number of para-hydroxylation sites is 2. The Bertz CT molecular complexity index is 1880. The Hall–Kier alpha value is -6.01. The number of benzene rings is 6. The van der Waals surface area contributed by atoms with E-state index in [4.69, 9.17) is 14.2 Å². The van der Waals surface area contributed by atoms with Crippen molar-refractivity contribution in [2.45, 2.75) is 6.92 Å². The van der Waals surface area contributed by atoms with Crippen LogP contribution in [0.3, 0.4) is 0 Å². The monoisotopic (exact) mass is 606 g/mol. The fourth-order valence-electron chi connectivity index (χ4n) is 5.33. The molecule has 0 aliphatic carbocycles. The van der Waals surface area contributed by atoms with Crippen LogP contribution in [0.25, 0.3) is 11.1 Å². The topological polar surface area (TPSA) is 51.2 Å². The second-order valence-electron chi connectivity index (χ2n) is 10.4. The van der Waals surface area contributed by atoms with Crippen molar-refractivity contribution in [2.75, 3.05) is 23.5 Å². The molecule has 6 aromatic carbocycles. The van der Waals surface area contributed by atoms with Crippen LogP contribution in [0.1, 0.15) is 6.92 Å². The predicted octanol–water partition coefficient (Wildman–Crippen LogP) is 10.8. The summed E-state index contributed by atoms with van der Waals surface area (Å²) in [7, 11) is 1.68. The van der Waals surface area contributed by atoms with Crippen LogP contribution in [0.15, 0.2) is 158 Å². The van der Waals surface area contributed by atoms with E-state index in [1.165, 1.54) is 0 Å². The third-order valence-corrected chi connectivity index (χ3v) is 7.46. The summed E-state index contributed by atoms with van der Waals surface area (Å²) in [5.74, 6) is 1.21. The number of hydrogen-bond acceptors (Lipinski definition) is 6. The lowest BCUT2D eigenvalue weighted by Crippen LogP contribution is -2.12. The van der Waals surface area contributed by atoms with Crippen LogP contribution in [-0.2, 0) is 4.74 Å². The van der Waals surface area contributed by atoms with Gasteiger partial charge in [-0.25, -0.2) is 4.79 Å². The summed E-state index contributed by atoms with van der Waals surface area (Å²) in [5.41, 5.74) is 8.11. The number of carbonyl (C=O) groups excluding carboxylic acids is 1. The second kappa shape index (κ2) is 14.2. The number of hydrogen-bond donors (Lipinski definition) is 0. The van der Waals surface area contributed by atoms with E-state index in [1.54, 1.807) is 20.1 Å². The van der Waals surface area contributed by atoms with Gasteiger partial charge in [0.1, 0.15) is 11.5 Å². The lowest BCUT2D eigenvalue weighted by molar-refractivity contribution is 0.104. The standard InChI is InChI=1S/C40H34N2O4/c1-3-45-40(43)46-39-19-11-17-37(29-39)42(33-14-8-5-9-15-33)35-26-22-31(23-27-35)30-20-24-34(25-21-30)41(32-12-6-4-7-13-32)36-16-10-18-38(28-36)44-2/h4-29H,3H2,1-2H3. The Kier molecular flexibility index (Phi) is 9.26. The molecule has 6 aromatic rings. The van der Waals surface area contributed by atoms with Crippen molar-refractivity contribution in [1.82, 2.24) is 0 Å². The first-order valence-corrected chi connectivity index (χ1v) is 15.1. The van der Waals surface area contributed by atoms with Crippen molar-refractivity contribution in [2.24, 2.45) is 0 Å². The maximum atomic E-state index is 12.0. The van der Waals surface area contributed by atoms with Gasteiger partial charge in [0.25, 0.3) is 0 Å². The van der Waals surface area contributed by atoms with Crippen molar-refractivity contribution in [3.8, 4) is 22.6 Å². The minimum absolute atomic E-state index is 0.247. The van der Waals surface area contributed by atoms with E-state index in [-0.39, 0.29) is 6.61 Å². The van der Waals surface area contributed by atoms with E-state index in [2.05, 4.69) is 76.5 Å². The fourth-order valence-corrected chi connectivity index (χ4v) is 5.33. The summed E-state index contributed by atoms with van der Waals surface area (Å²) >= 11 is 0. The van der Waals surface area contributed by atoms with Crippen LogP contribution in [0, 0.1) is 0 Å². The van der Waals surface area contributed by atoms with Gasteiger partial charge in [-0.1, -0.05) is 72.8 Å². The summed E-state index contributed by atoms with van der Waals surface area (Å²) in [6, 6.07) is 52.9. The van der Waals surface area contributed by atoms with Gasteiger partial charge in [-0.3, -0.25) is 0 Å². The number of anilines is 6. The molecule has 6 rings (SSSR count). The zero-order valence-corrected chi connectivity index (χ0v) is 25.7. The third kappa shape index (κ3) is 6.87. The Morgan fingerprint density at radius 3 is 1.37 bits per heavy atom. The Morgan fingerprint density at radius 2 is 0.913 bits per heavy atom. The molecule has 0 atom stereocenters. The molecule has 6 heteroatoms. The van der Waals surface area contributed by atoms with Crippen molar-refractivity contribution in [3.05, 3.63) is 158 Å². The molecule has 0 bridgehead atoms. The molecule has 0 N–H and O–H groups in total. The molecule has 46 heavy (non-hydrogen) atoms. The van der Waals surface area contributed by atoms with Gasteiger partial charge >= 0.3 is 6.16 Å². The van der Waals surface area contributed by atoms with E-state index in [0.717, 1.165) is 51.0 Å². The zero-order chi connectivity index (χ0) is 31.7. The quantitative estimate of drug-likeness (QED) is 0.114. The highest BCUT2D eigenvalue weighted by Crippen LogP contribution is 2.39. The van der Waals surface area contributed by atoms with Crippen LogP contribution in [0.4, 0.5) is 38.9 Å². The molecule has 0 aromatic heterocycles. The van der Waals surface area contributed by atoms with E-state index in [9.17, 15) is 4.79 Å². The molecule has 0 saturated heterocycles. The maximum Gasteiger partial charge on any atom is 0.513 e. The van der Waals surface area contributed by atoms with Crippen LogP contribution >= 0.6 is 0 Å². The molecule has 0 amide bonds. The highest BCUT2D eigenvalue weighted by Gasteiger charge is 2.16. The summed E-state index contributed by atoms with van der Waals surface area (Å²) in [6.07, 6.45) is -0.725. The van der Waals surface area contributed by atoms with Gasteiger partial charge in [-0.05, 0) is 90.8 Å². The van der Waals surface area contributed by atoms with Crippen LogP contribution in [-0.4, -0.2) is 19.9 Å². The van der Waals surface area contributed by atoms with Crippen molar-refractivity contribution >= 4 is 40.3 Å². The summed E-state index contributed by atoms with van der Waals surface area (Å²) in [4.78, 5) is 16.3. The summed E-state index contributed by atoms with van der Waals surface area (Å²) in [5, 5.41) is 0. The van der Waals surface area contributed by atoms with Crippen LogP contribution < -0.4 is 19.3 Å². The molecule has 0 fully saturated rings. The van der Waals surface area contributed by atoms with Crippen molar-refractivity contribution < 1.29 is 19.0 Å². The molecule has 0 aliphatic heterocycles. The minimum Gasteiger partial charge on any atom is -0.497 e. The van der Waals surface area contributed by atoms with E-state index >= 15 is 0 Å². The molecular weight excluding hydrogens is 572 g/mol. The third-order valence-electron chi connectivity index (χ3n) is 7.46. The SMILES string of the molecule is CCOC(=O)Oc1cccc(N(c2ccccc2)c2ccc(-c3ccc(N(c4ccccc4)c4cccc(OC)c4)cc3)cc2)c1. The van der Waals surface area contributed by atoms with Crippen molar-refractivity contribution in [3.63, 3.8) is 0 Å². The Labute approximate surface area is 269 Å². The van der Waals surface area contributed by atoms with Crippen LogP contribution in [0.5, 0.6) is 11.5 Å². The predicted molar refractivity (Wildman–Crippen MR) is 185 cm³/mol. The van der Waals surface area contributed by atoms with E-state index < -0.39 is 6.16 Å². The molecule has 0 unspecified atom stereocenters. The Balaban J connectivity index is 1.30. The average molecular weight is 607 g/mol. The van der Waals surface area contributed by atoms with E-state index in [1.807, 2.05) is 84.9 Å². The van der Waals surface area contributed by atoms with Crippen LogP contribution in [0.2, 0.25) is 0 Å². The first-order valence-electron chi connectivity index (χ1n) is 15.1. The lowest BCUT2D eigenvalue weighted by Gasteiger charge is -2.26. The number of rotatable bonds is 10. The number of nitrogens with zero attached hydrogens (tertiary/aromatic N) is 2. The molecule has 0 spiro atoms. The molecule has 228 valence electrons. The molecule has 0 aliphatic rings. The highest BCUT2D eigenvalue weighted by atomic mass is 16.7. The number of ether oxygens (including phenoxy) is 3. The van der Waals surface area contributed by atoms with Gasteiger partial charge in [-0.15, -0.1) is 0 Å². The largest absolute Gasteiger partial charge is 0.513 e. The molecular formula is C40H34N2O4. The Morgan fingerprint density at radius 1 is 0.500 bits per heavy atom. The molecule has 0 saturated carbocycles. The van der Waals surface area contributed by atoms with Gasteiger partial charge in [0, 0.05) is 46.3 Å². The van der Waals surface area contributed by atoms with Gasteiger partial charge < -0.3 is 24.0 Å². The van der Waals surface area contributed by atoms with Gasteiger partial charge in [0.2, 0.25) is 0 Å². The fraction of sp³-hybridized carbons (Fsp3) is 0.0750. The number of carbonyl (C=O) groups is 1. The second-order valence-corrected chi connectivity index (χ2v) is 10.4. The minimum atomic E-state index is -0.725. The smallest absolute Gasteiger partial charge is 0.497 e. The van der Waals surface area contributed by atoms with E-state index in [0.29, 0.717) is 5.75 Å². The number of methoxy groups -OCH3 is 1. The normalized spacial score (nSPS) is 10.6. The van der Waals surface area contributed by atoms with Gasteiger partial charge in [-0.2, -0.15) is 0 Å².